The highest BCUT2D eigenvalue weighted by atomic mass is 35.5. The molecule has 134 valence electrons. The van der Waals surface area contributed by atoms with Crippen LogP contribution in [-0.2, 0) is 4.79 Å². The van der Waals surface area contributed by atoms with Crippen molar-refractivity contribution in [3.63, 3.8) is 0 Å². The summed E-state index contributed by atoms with van der Waals surface area (Å²) in [6.45, 7) is 3.57. The third-order valence-corrected chi connectivity index (χ3v) is 4.41. The number of benzene rings is 2. The number of hydrogen-bond acceptors (Lipinski definition) is 3. The monoisotopic (exact) mass is 389 g/mol. The second-order valence-corrected chi connectivity index (χ2v) is 6.62. The number of nitrogens with one attached hydrogen (secondary N) is 2. The molecule has 1 aromatic heterocycles. The van der Waals surface area contributed by atoms with E-state index in [0.29, 0.717) is 15.8 Å². The summed E-state index contributed by atoms with van der Waals surface area (Å²) in [6.07, 6.45) is 0.850. The van der Waals surface area contributed by atoms with Gasteiger partial charge in [0.05, 0.1) is 11.2 Å². The SMILES string of the molecule is Cc1[nH]c2ccccc2c1C=NNC(=O)C(C)Oc1ccc(Cl)cc1Cl. The fraction of sp³-hybridized carbons (Fsp3) is 0.158. The molecule has 0 aliphatic rings. The predicted molar refractivity (Wildman–Crippen MR) is 105 cm³/mol. The molecule has 0 aliphatic carbocycles. The molecule has 0 fully saturated rings. The van der Waals surface area contributed by atoms with Crippen LogP contribution in [-0.4, -0.2) is 23.2 Å². The van der Waals surface area contributed by atoms with Gasteiger partial charge in [0, 0.05) is 27.2 Å². The molecule has 0 radical (unpaired) electrons. The van der Waals surface area contributed by atoms with Crippen LogP contribution in [0.25, 0.3) is 10.9 Å². The van der Waals surface area contributed by atoms with Crippen molar-refractivity contribution in [1.29, 1.82) is 0 Å². The Labute approximate surface area is 161 Å². The Morgan fingerprint density at radius 2 is 2.04 bits per heavy atom. The number of para-hydroxylation sites is 1. The fourth-order valence-corrected chi connectivity index (χ4v) is 2.98. The average Bonchev–Trinajstić information content (AvgIpc) is 2.93. The molecule has 0 aliphatic heterocycles. The zero-order valence-corrected chi connectivity index (χ0v) is 15.7. The van der Waals surface area contributed by atoms with Crippen molar-refractivity contribution >= 4 is 46.2 Å². The molecule has 7 heteroatoms. The number of halogens is 2. The van der Waals surface area contributed by atoms with E-state index in [1.807, 2.05) is 31.2 Å². The highest BCUT2D eigenvalue weighted by Crippen LogP contribution is 2.28. The van der Waals surface area contributed by atoms with E-state index in [4.69, 9.17) is 27.9 Å². The number of hydrogen-bond donors (Lipinski definition) is 2. The molecule has 1 amide bonds. The molecule has 2 aromatic carbocycles. The number of carbonyl (C=O) groups is 1. The van der Waals surface area contributed by atoms with Crippen molar-refractivity contribution in [2.45, 2.75) is 20.0 Å². The number of hydrazone groups is 1. The summed E-state index contributed by atoms with van der Waals surface area (Å²) in [5.74, 6) is -0.0000645. The lowest BCUT2D eigenvalue weighted by Gasteiger charge is -2.14. The van der Waals surface area contributed by atoms with Gasteiger partial charge in [-0.15, -0.1) is 0 Å². The van der Waals surface area contributed by atoms with Crippen LogP contribution in [0.2, 0.25) is 10.0 Å². The average molecular weight is 390 g/mol. The number of aryl methyl sites for hydroxylation is 1. The first-order valence-corrected chi connectivity index (χ1v) is 8.73. The van der Waals surface area contributed by atoms with Crippen LogP contribution >= 0.6 is 23.2 Å². The standard InChI is InChI=1S/C19H17Cl2N3O2/c1-11-15(14-5-3-4-6-17(14)23-11)10-22-24-19(25)12(2)26-18-8-7-13(20)9-16(18)21/h3-10,12,23H,1-2H3,(H,24,25). The zero-order valence-electron chi connectivity index (χ0n) is 14.2. The molecule has 0 bridgehead atoms. The van der Waals surface area contributed by atoms with Crippen LogP contribution in [0.4, 0.5) is 0 Å². The molecule has 0 saturated heterocycles. The smallest absolute Gasteiger partial charge is 0.280 e. The molecule has 3 rings (SSSR count). The fourth-order valence-electron chi connectivity index (χ4n) is 2.53. The summed E-state index contributed by atoms with van der Waals surface area (Å²) >= 11 is 11.9. The van der Waals surface area contributed by atoms with Crippen molar-refractivity contribution in [3.8, 4) is 5.75 Å². The van der Waals surface area contributed by atoms with Crippen molar-refractivity contribution < 1.29 is 9.53 Å². The third kappa shape index (κ3) is 4.00. The predicted octanol–water partition coefficient (Wildman–Crippen LogP) is 4.70. The minimum atomic E-state index is -0.769. The van der Waals surface area contributed by atoms with Gasteiger partial charge in [-0.2, -0.15) is 5.10 Å². The normalized spacial score (nSPS) is 12.5. The summed E-state index contributed by atoms with van der Waals surface area (Å²) in [7, 11) is 0. The Morgan fingerprint density at radius 1 is 1.27 bits per heavy atom. The van der Waals surface area contributed by atoms with E-state index >= 15 is 0 Å². The topological polar surface area (TPSA) is 66.5 Å². The van der Waals surface area contributed by atoms with Crippen LogP contribution in [0.5, 0.6) is 5.75 Å². The molecule has 3 aromatic rings. The van der Waals surface area contributed by atoms with Crippen molar-refractivity contribution in [1.82, 2.24) is 10.4 Å². The Bertz CT molecular complexity index is 982. The van der Waals surface area contributed by atoms with Gasteiger partial charge in [-0.25, -0.2) is 5.43 Å². The van der Waals surface area contributed by atoms with Gasteiger partial charge in [0.15, 0.2) is 6.10 Å². The van der Waals surface area contributed by atoms with Crippen molar-refractivity contribution in [2.24, 2.45) is 5.10 Å². The number of fused-ring (bicyclic) bond motifs is 1. The Balaban J connectivity index is 1.66. The number of carbonyl (C=O) groups excluding carboxylic acids is 1. The summed E-state index contributed by atoms with van der Waals surface area (Å²) in [5.41, 5.74) is 5.41. The minimum Gasteiger partial charge on any atom is -0.479 e. The van der Waals surface area contributed by atoms with Gasteiger partial charge < -0.3 is 9.72 Å². The summed E-state index contributed by atoms with van der Waals surface area (Å²) < 4.78 is 5.56. The first-order chi connectivity index (χ1) is 12.5. The molecule has 5 nitrogen and oxygen atoms in total. The molecular weight excluding hydrogens is 373 g/mol. The molecule has 26 heavy (non-hydrogen) atoms. The number of ether oxygens (including phenoxy) is 1. The van der Waals surface area contributed by atoms with Crippen molar-refractivity contribution in [3.05, 3.63) is 63.8 Å². The highest BCUT2D eigenvalue weighted by molar-refractivity contribution is 6.35. The number of H-pyrrole nitrogens is 1. The number of aromatic nitrogens is 1. The van der Waals surface area contributed by atoms with Gasteiger partial charge in [0.2, 0.25) is 0 Å². The molecular formula is C19H17Cl2N3O2. The third-order valence-electron chi connectivity index (χ3n) is 3.88. The quantitative estimate of drug-likeness (QED) is 0.490. The lowest BCUT2D eigenvalue weighted by molar-refractivity contribution is -0.127. The molecule has 1 heterocycles. The van der Waals surface area contributed by atoms with E-state index in [9.17, 15) is 4.79 Å². The van der Waals surface area contributed by atoms with E-state index < -0.39 is 6.10 Å². The molecule has 0 saturated carbocycles. The Hall–Kier alpha value is -2.50. The largest absolute Gasteiger partial charge is 0.479 e. The van der Waals surface area contributed by atoms with Crippen molar-refractivity contribution in [2.75, 3.05) is 0 Å². The van der Waals surface area contributed by atoms with Gasteiger partial charge in [-0.05, 0) is 38.1 Å². The molecule has 2 N–H and O–H groups in total. The maximum atomic E-state index is 12.2. The minimum absolute atomic E-state index is 0.343. The lowest BCUT2D eigenvalue weighted by atomic mass is 10.1. The lowest BCUT2D eigenvalue weighted by Crippen LogP contribution is -2.33. The first-order valence-electron chi connectivity index (χ1n) is 7.97. The van der Waals surface area contributed by atoms with Crippen LogP contribution in [0.15, 0.2) is 47.6 Å². The number of amides is 1. The van der Waals surface area contributed by atoms with Crippen LogP contribution < -0.4 is 10.2 Å². The maximum Gasteiger partial charge on any atom is 0.280 e. The van der Waals surface area contributed by atoms with Gasteiger partial charge >= 0.3 is 0 Å². The summed E-state index contributed by atoms with van der Waals surface area (Å²) in [4.78, 5) is 15.5. The van der Waals surface area contributed by atoms with Gasteiger partial charge in [-0.1, -0.05) is 41.4 Å². The summed E-state index contributed by atoms with van der Waals surface area (Å²) in [5, 5.41) is 5.93. The molecule has 1 atom stereocenters. The second-order valence-electron chi connectivity index (χ2n) is 5.78. The Morgan fingerprint density at radius 3 is 2.81 bits per heavy atom. The molecule has 0 spiro atoms. The first kappa shape index (κ1) is 18.3. The van der Waals surface area contributed by atoms with Crippen LogP contribution in [0.1, 0.15) is 18.2 Å². The van der Waals surface area contributed by atoms with Gasteiger partial charge in [0.1, 0.15) is 5.75 Å². The van der Waals surface area contributed by atoms with E-state index in [1.54, 1.807) is 31.3 Å². The van der Waals surface area contributed by atoms with Gasteiger partial charge in [-0.3, -0.25) is 4.79 Å². The maximum absolute atomic E-state index is 12.2. The highest BCUT2D eigenvalue weighted by Gasteiger charge is 2.16. The number of rotatable bonds is 5. The van der Waals surface area contributed by atoms with Crippen LogP contribution in [0, 0.1) is 6.92 Å². The van der Waals surface area contributed by atoms with E-state index in [-0.39, 0.29) is 5.91 Å². The number of aromatic amines is 1. The second kappa shape index (κ2) is 7.81. The number of nitrogens with zero attached hydrogens (tertiary/aromatic N) is 1. The van der Waals surface area contributed by atoms with E-state index in [2.05, 4.69) is 15.5 Å². The van der Waals surface area contributed by atoms with E-state index in [0.717, 1.165) is 22.2 Å². The summed E-state index contributed by atoms with van der Waals surface area (Å²) in [6, 6.07) is 12.7. The van der Waals surface area contributed by atoms with Crippen LogP contribution in [0.3, 0.4) is 0 Å². The van der Waals surface area contributed by atoms with E-state index in [1.165, 1.54) is 0 Å². The van der Waals surface area contributed by atoms with Gasteiger partial charge in [0.25, 0.3) is 5.91 Å². The molecule has 1 unspecified atom stereocenters. The Kier molecular flexibility index (Phi) is 5.49. The zero-order chi connectivity index (χ0) is 18.7.